The van der Waals surface area contributed by atoms with Crippen molar-refractivity contribution in [1.82, 2.24) is 5.32 Å². The van der Waals surface area contributed by atoms with E-state index in [0.717, 1.165) is 12.8 Å². The number of unbranched alkanes of at least 4 members (excludes halogenated alkanes) is 4. The maximum absolute atomic E-state index is 11.5. The van der Waals surface area contributed by atoms with E-state index in [4.69, 9.17) is 0 Å². The Labute approximate surface area is 116 Å². The van der Waals surface area contributed by atoms with Crippen LogP contribution in [0.2, 0.25) is 0 Å². The molecule has 0 saturated heterocycles. The van der Waals surface area contributed by atoms with Crippen LogP contribution in [0.5, 0.6) is 0 Å². The lowest BCUT2D eigenvalue weighted by Crippen LogP contribution is -2.26. The highest BCUT2D eigenvalue weighted by Gasteiger charge is 2.12. The van der Waals surface area contributed by atoms with Gasteiger partial charge in [-0.3, -0.25) is 4.79 Å². The van der Waals surface area contributed by atoms with Crippen molar-refractivity contribution in [2.24, 2.45) is 0 Å². The molecule has 0 aliphatic rings. The summed E-state index contributed by atoms with van der Waals surface area (Å²) in [6.45, 7) is 5.74. The predicted molar refractivity (Wildman–Crippen MR) is 80.9 cm³/mol. The number of carbonyl (C=O) groups excluding carboxylic acids is 1. The Morgan fingerprint density at radius 2 is 1.89 bits per heavy atom. The highest BCUT2D eigenvalue weighted by molar-refractivity contribution is 5.87. The summed E-state index contributed by atoms with van der Waals surface area (Å²) in [4.78, 5) is 11.5. The van der Waals surface area contributed by atoms with E-state index in [2.05, 4.69) is 31.0 Å². The molecule has 1 rings (SSSR count). The van der Waals surface area contributed by atoms with Gasteiger partial charge in [0.05, 0.1) is 6.04 Å². The minimum Gasteiger partial charge on any atom is -0.346 e. The van der Waals surface area contributed by atoms with Crippen LogP contribution in [0.15, 0.2) is 43.0 Å². The minimum absolute atomic E-state index is 0.0950. The van der Waals surface area contributed by atoms with Gasteiger partial charge in [0.2, 0.25) is 5.91 Å². The molecule has 0 aliphatic heterocycles. The Balaban J connectivity index is 2.50. The molecule has 104 valence electrons. The highest BCUT2D eigenvalue weighted by atomic mass is 16.1. The van der Waals surface area contributed by atoms with E-state index in [9.17, 15) is 4.79 Å². The van der Waals surface area contributed by atoms with E-state index in [1.54, 1.807) is 0 Å². The molecule has 0 spiro atoms. The van der Waals surface area contributed by atoms with Crippen molar-refractivity contribution in [2.75, 3.05) is 0 Å². The first-order valence-corrected chi connectivity index (χ1v) is 7.25. The molecule has 1 unspecified atom stereocenters. The normalized spacial score (nSPS) is 11.8. The van der Waals surface area contributed by atoms with Gasteiger partial charge in [0.15, 0.2) is 0 Å². The Bertz CT molecular complexity index is 372. The third-order valence-corrected chi connectivity index (χ3v) is 3.30. The Morgan fingerprint density at radius 1 is 1.21 bits per heavy atom. The standard InChI is InChI=1S/C17H25NO/c1-3-5-6-7-11-14-16(18-17(19)4-2)15-12-9-8-10-13-15/h4,8-10,12-13,16H,2-3,5-7,11,14H2,1H3,(H,18,19). The fourth-order valence-corrected chi connectivity index (χ4v) is 2.19. The molecule has 19 heavy (non-hydrogen) atoms. The molecule has 1 aromatic carbocycles. The number of benzene rings is 1. The number of hydrogen-bond acceptors (Lipinski definition) is 1. The minimum atomic E-state index is -0.0950. The van der Waals surface area contributed by atoms with Gasteiger partial charge >= 0.3 is 0 Å². The molecule has 2 nitrogen and oxygen atoms in total. The molecule has 0 saturated carbocycles. The third kappa shape index (κ3) is 6.23. The number of rotatable bonds is 9. The number of hydrogen-bond donors (Lipinski definition) is 1. The van der Waals surface area contributed by atoms with Crippen molar-refractivity contribution in [2.45, 2.75) is 51.5 Å². The molecule has 1 N–H and O–H groups in total. The Kier molecular flexibility index (Phi) is 7.64. The fraction of sp³-hybridized carbons (Fsp3) is 0.471. The average molecular weight is 259 g/mol. The second-order valence-electron chi connectivity index (χ2n) is 4.88. The summed E-state index contributed by atoms with van der Waals surface area (Å²) in [5, 5.41) is 3.02. The van der Waals surface area contributed by atoms with Crippen molar-refractivity contribution in [3.05, 3.63) is 48.6 Å². The molecule has 0 bridgehead atoms. The second-order valence-corrected chi connectivity index (χ2v) is 4.88. The van der Waals surface area contributed by atoms with Gasteiger partial charge in [0.1, 0.15) is 0 Å². The molecule has 0 fully saturated rings. The topological polar surface area (TPSA) is 29.1 Å². The molecule has 0 aliphatic carbocycles. The van der Waals surface area contributed by atoms with Crippen LogP contribution in [0, 0.1) is 0 Å². The molecule has 0 heterocycles. The Hall–Kier alpha value is -1.57. The first kappa shape index (κ1) is 15.5. The van der Waals surface area contributed by atoms with Crippen LogP contribution in [-0.4, -0.2) is 5.91 Å². The zero-order chi connectivity index (χ0) is 13.9. The molecule has 2 heteroatoms. The number of amides is 1. The Morgan fingerprint density at radius 3 is 2.53 bits per heavy atom. The zero-order valence-corrected chi connectivity index (χ0v) is 11.9. The van der Waals surface area contributed by atoms with Crippen LogP contribution in [0.25, 0.3) is 0 Å². The van der Waals surface area contributed by atoms with E-state index in [-0.39, 0.29) is 11.9 Å². The lowest BCUT2D eigenvalue weighted by Gasteiger charge is -2.18. The first-order valence-electron chi connectivity index (χ1n) is 7.25. The number of carbonyl (C=O) groups is 1. The molecule has 0 aromatic heterocycles. The van der Waals surface area contributed by atoms with Gasteiger partial charge in [0.25, 0.3) is 0 Å². The lowest BCUT2D eigenvalue weighted by atomic mass is 9.99. The van der Waals surface area contributed by atoms with E-state index in [1.165, 1.54) is 37.3 Å². The molecular weight excluding hydrogens is 234 g/mol. The summed E-state index contributed by atoms with van der Waals surface area (Å²) in [6.07, 6.45) is 8.57. The van der Waals surface area contributed by atoms with Crippen molar-refractivity contribution >= 4 is 5.91 Å². The van der Waals surface area contributed by atoms with E-state index >= 15 is 0 Å². The summed E-state index contributed by atoms with van der Waals surface area (Å²) in [5.41, 5.74) is 1.17. The van der Waals surface area contributed by atoms with Crippen molar-refractivity contribution in [3.63, 3.8) is 0 Å². The summed E-state index contributed by atoms with van der Waals surface area (Å²) in [5.74, 6) is -0.0950. The largest absolute Gasteiger partial charge is 0.346 e. The molecule has 1 aromatic rings. The van der Waals surface area contributed by atoms with Gasteiger partial charge in [0, 0.05) is 0 Å². The van der Waals surface area contributed by atoms with Gasteiger partial charge in [-0.05, 0) is 18.1 Å². The highest BCUT2D eigenvalue weighted by Crippen LogP contribution is 2.20. The van der Waals surface area contributed by atoms with Crippen molar-refractivity contribution in [3.8, 4) is 0 Å². The van der Waals surface area contributed by atoms with Crippen LogP contribution in [0.3, 0.4) is 0 Å². The summed E-state index contributed by atoms with van der Waals surface area (Å²) in [7, 11) is 0. The second kappa shape index (κ2) is 9.37. The van der Waals surface area contributed by atoms with Crippen LogP contribution < -0.4 is 5.32 Å². The maximum atomic E-state index is 11.5. The molecular formula is C17H25NO. The van der Waals surface area contributed by atoms with Crippen LogP contribution in [0.1, 0.15) is 57.1 Å². The SMILES string of the molecule is C=CC(=O)NC(CCCCCCC)c1ccccc1. The smallest absolute Gasteiger partial charge is 0.243 e. The maximum Gasteiger partial charge on any atom is 0.243 e. The van der Waals surface area contributed by atoms with Crippen LogP contribution in [-0.2, 0) is 4.79 Å². The molecule has 0 radical (unpaired) electrons. The van der Waals surface area contributed by atoms with Gasteiger partial charge in [-0.15, -0.1) is 0 Å². The van der Waals surface area contributed by atoms with Gasteiger partial charge < -0.3 is 5.32 Å². The molecule has 1 atom stereocenters. The summed E-state index contributed by atoms with van der Waals surface area (Å²) < 4.78 is 0. The predicted octanol–water partition coefficient (Wildman–Crippen LogP) is 4.39. The lowest BCUT2D eigenvalue weighted by molar-refractivity contribution is -0.117. The van der Waals surface area contributed by atoms with Crippen LogP contribution >= 0.6 is 0 Å². The van der Waals surface area contributed by atoms with Gasteiger partial charge in [-0.1, -0.05) is 75.9 Å². The van der Waals surface area contributed by atoms with E-state index < -0.39 is 0 Å². The third-order valence-electron chi connectivity index (χ3n) is 3.30. The van der Waals surface area contributed by atoms with Gasteiger partial charge in [-0.2, -0.15) is 0 Å². The first-order chi connectivity index (χ1) is 9.27. The van der Waals surface area contributed by atoms with E-state index in [0.29, 0.717) is 0 Å². The summed E-state index contributed by atoms with van der Waals surface area (Å²) >= 11 is 0. The van der Waals surface area contributed by atoms with E-state index in [1.807, 2.05) is 18.2 Å². The quantitative estimate of drug-likeness (QED) is 0.517. The van der Waals surface area contributed by atoms with Gasteiger partial charge in [-0.25, -0.2) is 0 Å². The van der Waals surface area contributed by atoms with Crippen LogP contribution in [0.4, 0.5) is 0 Å². The summed E-state index contributed by atoms with van der Waals surface area (Å²) in [6, 6.07) is 10.3. The monoisotopic (exact) mass is 259 g/mol. The molecule has 1 amide bonds. The zero-order valence-electron chi connectivity index (χ0n) is 11.9. The fourth-order valence-electron chi connectivity index (χ4n) is 2.19. The van der Waals surface area contributed by atoms with Crippen molar-refractivity contribution < 1.29 is 4.79 Å². The average Bonchev–Trinajstić information content (AvgIpc) is 2.46. The number of nitrogens with one attached hydrogen (secondary N) is 1. The van der Waals surface area contributed by atoms with Crippen molar-refractivity contribution in [1.29, 1.82) is 0 Å².